The van der Waals surface area contributed by atoms with Gasteiger partial charge in [-0.1, -0.05) is 36.4 Å². The van der Waals surface area contributed by atoms with Gasteiger partial charge in [-0.2, -0.15) is 15.6 Å². The number of aromatic nitrogens is 1. The lowest BCUT2D eigenvalue weighted by atomic mass is 9.95. The number of ether oxygens (including phenoxy) is 1. The number of fused-ring (bicyclic) bond motifs is 1. The molecule has 4 rings (SSSR count). The normalized spacial score (nSPS) is 18.2. The second kappa shape index (κ2) is 8.76. The molecule has 0 saturated heterocycles. The molecular formula is C24H20N6O2. The molecule has 2 N–H and O–H groups in total. The minimum absolute atomic E-state index is 0.0428. The van der Waals surface area contributed by atoms with Crippen LogP contribution in [0.1, 0.15) is 5.56 Å². The van der Waals surface area contributed by atoms with E-state index in [-0.39, 0.29) is 18.1 Å². The van der Waals surface area contributed by atoms with Crippen molar-refractivity contribution in [2.45, 2.75) is 12.7 Å². The summed E-state index contributed by atoms with van der Waals surface area (Å²) in [7, 11) is 1.34. The van der Waals surface area contributed by atoms with E-state index < -0.39 is 12.1 Å². The summed E-state index contributed by atoms with van der Waals surface area (Å²) in [5, 5.41) is 26.6. The zero-order valence-corrected chi connectivity index (χ0v) is 17.3. The van der Waals surface area contributed by atoms with Crippen LogP contribution in [0.15, 0.2) is 71.5 Å². The minimum atomic E-state index is -0.774. The summed E-state index contributed by atoms with van der Waals surface area (Å²) in [5.74, 6) is -1.15. The fraction of sp³-hybridized carbons (Fsp3) is 0.167. The van der Waals surface area contributed by atoms with Gasteiger partial charge in [-0.25, -0.2) is 5.01 Å². The zero-order chi connectivity index (χ0) is 22.7. The molecule has 0 unspecified atom stereocenters. The lowest BCUT2D eigenvalue weighted by Gasteiger charge is -2.21. The maximum atomic E-state index is 11.8. The summed E-state index contributed by atoms with van der Waals surface area (Å²) in [5.41, 5.74) is 9.16. The summed E-state index contributed by atoms with van der Waals surface area (Å²) in [6.07, 6.45) is 2.75. The molecule has 8 nitrogen and oxygen atoms in total. The number of allylic oxidation sites excluding steroid dienone is 1. The van der Waals surface area contributed by atoms with Gasteiger partial charge >= 0.3 is 5.97 Å². The topological polar surface area (TPSA) is 120 Å². The first-order valence-corrected chi connectivity index (χ1v) is 9.92. The lowest BCUT2D eigenvalue weighted by Crippen LogP contribution is -2.40. The van der Waals surface area contributed by atoms with Gasteiger partial charge in [0, 0.05) is 22.7 Å². The van der Waals surface area contributed by atoms with Crippen LogP contribution in [-0.4, -0.2) is 29.5 Å². The van der Waals surface area contributed by atoms with Gasteiger partial charge in [0.2, 0.25) is 0 Å². The highest BCUT2D eigenvalue weighted by atomic mass is 16.5. The number of nitriles is 2. The molecule has 1 aromatic heterocycles. The van der Waals surface area contributed by atoms with E-state index in [0.717, 1.165) is 22.2 Å². The Bertz CT molecular complexity index is 1310. The molecule has 0 fully saturated rings. The van der Waals surface area contributed by atoms with Crippen LogP contribution in [0, 0.1) is 28.6 Å². The van der Waals surface area contributed by atoms with Crippen LogP contribution in [0.5, 0.6) is 0 Å². The van der Waals surface area contributed by atoms with Crippen molar-refractivity contribution < 1.29 is 9.53 Å². The van der Waals surface area contributed by atoms with E-state index in [4.69, 9.17) is 10.5 Å². The van der Waals surface area contributed by atoms with E-state index >= 15 is 0 Å². The van der Waals surface area contributed by atoms with Crippen LogP contribution in [0.3, 0.4) is 0 Å². The second-order valence-electron chi connectivity index (χ2n) is 7.24. The van der Waals surface area contributed by atoms with Gasteiger partial charge in [0.05, 0.1) is 30.2 Å². The molecule has 0 amide bonds. The fourth-order valence-corrected chi connectivity index (χ4v) is 3.76. The van der Waals surface area contributed by atoms with Gasteiger partial charge < -0.3 is 15.0 Å². The van der Waals surface area contributed by atoms with Crippen molar-refractivity contribution in [1.29, 1.82) is 10.5 Å². The smallest absolute Gasteiger partial charge is 0.325 e. The quantitative estimate of drug-likeness (QED) is 0.496. The summed E-state index contributed by atoms with van der Waals surface area (Å²) < 4.78 is 6.55. The summed E-state index contributed by atoms with van der Waals surface area (Å²) in [6.45, 7) is 0.0428. The number of esters is 1. The van der Waals surface area contributed by atoms with Gasteiger partial charge in [0.1, 0.15) is 24.7 Å². The van der Waals surface area contributed by atoms with Crippen molar-refractivity contribution in [3.8, 4) is 12.1 Å². The monoisotopic (exact) mass is 424 g/mol. The average molecular weight is 424 g/mol. The van der Waals surface area contributed by atoms with Crippen molar-refractivity contribution in [1.82, 2.24) is 4.57 Å². The van der Waals surface area contributed by atoms with E-state index in [0.29, 0.717) is 5.71 Å². The molecule has 0 radical (unpaired) electrons. The van der Waals surface area contributed by atoms with Crippen molar-refractivity contribution >= 4 is 34.3 Å². The minimum Gasteiger partial charge on any atom is -0.468 e. The number of anilines is 1. The highest BCUT2D eigenvalue weighted by molar-refractivity contribution is 6.12. The molecule has 0 aliphatic carbocycles. The van der Waals surface area contributed by atoms with Crippen LogP contribution in [-0.2, 0) is 16.1 Å². The largest absolute Gasteiger partial charge is 0.468 e. The van der Waals surface area contributed by atoms with Crippen LogP contribution in [0.4, 0.5) is 5.69 Å². The van der Waals surface area contributed by atoms with E-state index in [2.05, 4.69) is 17.2 Å². The average Bonchev–Trinajstić information content (AvgIpc) is 3.35. The predicted octanol–water partition coefficient (Wildman–Crippen LogP) is 3.02. The van der Waals surface area contributed by atoms with Gasteiger partial charge in [-0.15, -0.1) is 0 Å². The maximum absolute atomic E-state index is 11.8. The van der Waals surface area contributed by atoms with E-state index in [1.54, 1.807) is 21.8 Å². The highest BCUT2D eigenvalue weighted by Crippen LogP contribution is 2.30. The zero-order valence-electron chi connectivity index (χ0n) is 17.3. The Morgan fingerprint density at radius 2 is 1.91 bits per heavy atom. The molecular weight excluding hydrogens is 404 g/mol. The van der Waals surface area contributed by atoms with Crippen molar-refractivity contribution in [2.24, 2.45) is 16.8 Å². The van der Waals surface area contributed by atoms with E-state index in [1.807, 2.05) is 54.6 Å². The Kier molecular flexibility index (Phi) is 5.71. The van der Waals surface area contributed by atoms with E-state index in [9.17, 15) is 15.3 Å². The molecule has 8 heteroatoms. The Labute approximate surface area is 185 Å². The highest BCUT2D eigenvalue weighted by Gasteiger charge is 2.37. The molecule has 0 bridgehead atoms. The molecule has 2 atom stereocenters. The number of hydrogen-bond acceptors (Lipinski definition) is 7. The molecule has 0 spiro atoms. The molecule has 32 heavy (non-hydrogen) atoms. The number of benzene rings is 2. The number of carbonyl (C=O) groups excluding carboxylic acids is 1. The maximum Gasteiger partial charge on any atom is 0.325 e. The molecule has 2 aromatic carbocycles. The molecule has 158 valence electrons. The molecule has 1 aliphatic rings. The third-order valence-corrected chi connectivity index (χ3v) is 5.34. The number of nitrogens with two attached hydrogens (primary N) is 1. The van der Waals surface area contributed by atoms with Crippen molar-refractivity contribution in [3.05, 3.63) is 71.9 Å². The fourth-order valence-electron chi connectivity index (χ4n) is 3.76. The predicted molar refractivity (Wildman–Crippen MR) is 121 cm³/mol. The van der Waals surface area contributed by atoms with Crippen molar-refractivity contribution in [2.75, 3.05) is 12.1 Å². The van der Waals surface area contributed by atoms with Gasteiger partial charge in [0.25, 0.3) is 0 Å². The first-order valence-electron chi connectivity index (χ1n) is 9.92. The first kappa shape index (κ1) is 20.9. The summed E-state index contributed by atoms with van der Waals surface area (Å²) in [4.78, 5) is 11.8. The standard InChI is InChI=1S/C24H20N6O2/c1-32-22(31)15-29-14-17(19-9-5-6-10-21(19)29)11-16(12-25)23-20(13-26)24(27)30(28-23)18-7-3-2-4-8-18/h2-11,14,20,24H,15,27H2,1H3/b16-11-/t20-,24+/m1/s1. The van der Waals surface area contributed by atoms with Crippen LogP contribution >= 0.6 is 0 Å². The number of nitrogens with zero attached hydrogens (tertiary/aromatic N) is 5. The first-order chi connectivity index (χ1) is 15.6. The number of hydrogen-bond donors (Lipinski definition) is 1. The lowest BCUT2D eigenvalue weighted by molar-refractivity contribution is -0.141. The molecule has 2 heterocycles. The van der Waals surface area contributed by atoms with Crippen LogP contribution in [0.25, 0.3) is 17.0 Å². The van der Waals surface area contributed by atoms with E-state index in [1.165, 1.54) is 7.11 Å². The number of carbonyl (C=O) groups is 1. The second-order valence-corrected chi connectivity index (χ2v) is 7.24. The third kappa shape index (κ3) is 3.71. The van der Waals surface area contributed by atoms with Gasteiger partial charge in [-0.3, -0.25) is 4.79 Å². The Morgan fingerprint density at radius 3 is 2.59 bits per heavy atom. The Hall–Kier alpha value is -4.40. The van der Waals surface area contributed by atoms with Crippen LogP contribution < -0.4 is 10.7 Å². The number of hydrazone groups is 1. The third-order valence-electron chi connectivity index (χ3n) is 5.34. The van der Waals surface area contributed by atoms with Crippen molar-refractivity contribution in [3.63, 3.8) is 0 Å². The van der Waals surface area contributed by atoms with Crippen LogP contribution in [0.2, 0.25) is 0 Å². The Balaban J connectivity index is 1.79. The number of rotatable bonds is 5. The molecule has 3 aromatic rings. The summed E-state index contributed by atoms with van der Waals surface area (Å²) in [6, 6.07) is 21.2. The molecule has 1 aliphatic heterocycles. The number of methoxy groups -OCH3 is 1. The Morgan fingerprint density at radius 1 is 1.19 bits per heavy atom. The molecule has 0 saturated carbocycles. The number of para-hydroxylation sites is 2. The van der Waals surface area contributed by atoms with Gasteiger partial charge in [-0.05, 0) is 24.3 Å². The SMILES string of the molecule is COC(=O)Cn1cc(/C=C(/C#N)C2=NN(c3ccccc3)[C@H](N)[C@@H]2C#N)c2ccccc21. The summed E-state index contributed by atoms with van der Waals surface area (Å²) >= 11 is 0. The van der Waals surface area contributed by atoms with Gasteiger partial charge in [0.15, 0.2) is 0 Å².